The Hall–Kier alpha value is 1.53. The van der Waals surface area contributed by atoms with E-state index in [2.05, 4.69) is 0 Å². The molecule has 0 heterocycles. The molecule has 0 saturated carbocycles. The third-order valence-electron chi connectivity index (χ3n) is 0. The van der Waals surface area contributed by atoms with Crippen LogP contribution in [0, 0.1) is 0 Å². The third-order valence-corrected chi connectivity index (χ3v) is 0. The second kappa shape index (κ2) is 9.73. The van der Waals surface area contributed by atoms with E-state index >= 15 is 0 Å². The van der Waals surface area contributed by atoms with E-state index in [1.54, 1.807) is 0 Å². The molecule has 0 aliphatic carbocycles. The molecule has 0 unspecified atom stereocenters. The van der Waals surface area contributed by atoms with Crippen LogP contribution in [0.25, 0.3) is 0 Å². The maximum atomic E-state index is 8.33. The van der Waals surface area contributed by atoms with Crippen LogP contribution in [0.1, 0.15) is 0 Å². The Labute approximate surface area is 89.5 Å². The first-order valence-electron chi connectivity index (χ1n) is 0.612. The summed E-state index contributed by atoms with van der Waals surface area (Å²) in [6.07, 6.45) is -2.33. The van der Waals surface area contributed by atoms with Crippen molar-refractivity contribution in [1.29, 1.82) is 0 Å². The van der Waals surface area contributed by atoms with Gasteiger partial charge < -0.3 is 15.0 Å². The van der Waals surface area contributed by atoms with E-state index < -0.39 is 6.16 Å². The molecular formula is CBaO3Pt. The summed E-state index contributed by atoms with van der Waals surface area (Å²) in [4.78, 5) is 8.33. The van der Waals surface area contributed by atoms with Gasteiger partial charge in [0.25, 0.3) is 0 Å². The van der Waals surface area contributed by atoms with Crippen LogP contribution in [-0.2, 0) is 21.1 Å². The molecule has 0 rings (SSSR count). The quantitative estimate of drug-likeness (QED) is 0.418. The summed E-state index contributed by atoms with van der Waals surface area (Å²) in [6, 6.07) is 0. The number of hydrogen-bond acceptors (Lipinski definition) is 3. The summed E-state index contributed by atoms with van der Waals surface area (Å²) in [5, 5.41) is 16.7. The Kier molecular flexibility index (Phi) is 25.4. The van der Waals surface area contributed by atoms with Crippen LogP contribution in [0.2, 0.25) is 0 Å². The summed E-state index contributed by atoms with van der Waals surface area (Å²) in [5.74, 6) is 0. The van der Waals surface area contributed by atoms with Crippen LogP contribution in [0.3, 0.4) is 0 Å². The second-order valence-corrected chi connectivity index (χ2v) is 0.250. The van der Waals surface area contributed by atoms with Gasteiger partial charge in [0.2, 0.25) is 0 Å². The van der Waals surface area contributed by atoms with Crippen molar-refractivity contribution in [2.24, 2.45) is 0 Å². The Bertz CT molecular complexity index is 33.8. The van der Waals surface area contributed by atoms with Crippen LogP contribution in [0.5, 0.6) is 0 Å². The summed E-state index contributed by atoms with van der Waals surface area (Å²) < 4.78 is 0. The van der Waals surface area contributed by atoms with Crippen LogP contribution in [-0.4, -0.2) is 55.0 Å². The van der Waals surface area contributed by atoms with Crippen molar-refractivity contribution in [1.82, 2.24) is 0 Å². The first-order chi connectivity index (χ1) is 1.73. The third kappa shape index (κ3) is 48.5. The van der Waals surface area contributed by atoms with Crippen molar-refractivity contribution < 1.29 is 36.1 Å². The zero-order valence-electron chi connectivity index (χ0n) is 2.75. The van der Waals surface area contributed by atoms with E-state index in [1.165, 1.54) is 0 Å². The van der Waals surface area contributed by atoms with Gasteiger partial charge in [-0.05, 0) is 6.16 Å². The van der Waals surface area contributed by atoms with Gasteiger partial charge in [0.1, 0.15) is 0 Å². The monoisotopic (exact) mass is 393 g/mol. The molecule has 0 aliphatic heterocycles. The Morgan fingerprint density at radius 1 is 1.33 bits per heavy atom. The second-order valence-electron chi connectivity index (χ2n) is 0.250. The predicted molar refractivity (Wildman–Crippen MR) is 11.1 cm³/mol. The largest absolute Gasteiger partial charge is 2.00 e. The SMILES string of the molecule is O=C([O-])[O-].[Ba+2].[Pt]. The van der Waals surface area contributed by atoms with Crippen LogP contribution in [0.15, 0.2) is 0 Å². The van der Waals surface area contributed by atoms with Gasteiger partial charge in [-0.15, -0.1) is 0 Å². The average Bonchev–Trinajstić information content (AvgIpc) is 0.811. The number of carbonyl (C=O) groups is 1. The number of hydrogen-bond donors (Lipinski definition) is 0. The minimum atomic E-state index is -2.33. The number of rotatable bonds is 0. The molecule has 0 bridgehead atoms. The van der Waals surface area contributed by atoms with Gasteiger partial charge in [-0.2, -0.15) is 0 Å². The Morgan fingerprint density at radius 2 is 1.33 bits per heavy atom. The molecule has 0 N–H and O–H groups in total. The van der Waals surface area contributed by atoms with Gasteiger partial charge in [0.05, 0.1) is 0 Å². The fourth-order valence-corrected chi connectivity index (χ4v) is 0. The van der Waals surface area contributed by atoms with E-state index in [-0.39, 0.29) is 69.9 Å². The van der Waals surface area contributed by atoms with E-state index in [0.717, 1.165) is 0 Å². The van der Waals surface area contributed by atoms with Crippen LogP contribution < -0.4 is 10.2 Å². The molecule has 0 spiro atoms. The summed E-state index contributed by atoms with van der Waals surface area (Å²) in [7, 11) is 0. The fraction of sp³-hybridized carbons (Fsp3) is 0. The van der Waals surface area contributed by atoms with Gasteiger partial charge in [-0.25, -0.2) is 0 Å². The minimum absolute atomic E-state index is 0. The fourth-order valence-electron chi connectivity index (χ4n) is 0. The van der Waals surface area contributed by atoms with Gasteiger partial charge in [-0.1, -0.05) is 0 Å². The number of carbonyl (C=O) groups excluding carboxylic acids is 1. The minimum Gasteiger partial charge on any atom is -0.652 e. The first kappa shape index (κ1) is 15.6. The zero-order valence-corrected chi connectivity index (χ0v) is 9.46. The van der Waals surface area contributed by atoms with E-state index in [0.29, 0.717) is 0 Å². The van der Waals surface area contributed by atoms with Crippen molar-refractivity contribution in [3.05, 3.63) is 0 Å². The normalized spacial score (nSPS) is 4.00. The molecule has 3 nitrogen and oxygen atoms in total. The van der Waals surface area contributed by atoms with E-state index in [4.69, 9.17) is 15.0 Å². The maximum absolute atomic E-state index is 8.33. The molecule has 0 saturated heterocycles. The standard InChI is InChI=1S/CH2O3.Ba.Pt/c2-1(3)4;;/h(H2,2,3,4);;/q;+2;/p-2. The zero-order chi connectivity index (χ0) is 3.58. The van der Waals surface area contributed by atoms with Crippen molar-refractivity contribution in [2.45, 2.75) is 0 Å². The molecule has 0 radical (unpaired) electrons. The molecule has 0 aromatic heterocycles. The van der Waals surface area contributed by atoms with Gasteiger partial charge in [0.15, 0.2) is 0 Å². The topological polar surface area (TPSA) is 63.2 Å². The van der Waals surface area contributed by atoms with Crippen LogP contribution in [0.4, 0.5) is 4.79 Å². The Balaban J connectivity index is -0.0000000450. The van der Waals surface area contributed by atoms with Gasteiger partial charge >= 0.3 is 48.9 Å². The summed E-state index contributed by atoms with van der Waals surface area (Å²) in [5.41, 5.74) is 0. The van der Waals surface area contributed by atoms with E-state index in [1.807, 2.05) is 0 Å². The molecule has 0 aromatic carbocycles. The van der Waals surface area contributed by atoms with Gasteiger partial charge in [-0.3, -0.25) is 0 Å². The predicted octanol–water partition coefficient (Wildman–Crippen LogP) is -2.83. The molecule has 0 amide bonds. The van der Waals surface area contributed by atoms with Crippen molar-refractivity contribution in [3.8, 4) is 0 Å². The van der Waals surface area contributed by atoms with E-state index in [9.17, 15) is 0 Å². The molecule has 34 valence electrons. The van der Waals surface area contributed by atoms with Crippen LogP contribution >= 0.6 is 0 Å². The first-order valence-corrected chi connectivity index (χ1v) is 0.612. The van der Waals surface area contributed by atoms with Crippen molar-refractivity contribution in [3.63, 3.8) is 0 Å². The molecule has 6 heavy (non-hydrogen) atoms. The Morgan fingerprint density at radius 3 is 1.33 bits per heavy atom. The summed E-state index contributed by atoms with van der Waals surface area (Å²) >= 11 is 0. The molecule has 0 fully saturated rings. The average molecular weight is 392 g/mol. The maximum Gasteiger partial charge on any atom is 2.00 e. The molecule has 0 aliphatic rings. The molecule has 0 aromatic rings. The van der Waals surface area contributed by atoms with Gasteiger partial charge in [0, 0.05) is 21.1 Å². The smallest absolute Gasteiger partial charge is 0.652 e. The van der Waals surface area contributed by atoms with Crippen molar-refractivity contribution in [2.75, 3.05) is 0 Å². The van der Waals surface area contributed by atoms with Crippen molar-refractivity contribution >= 4 is 55.0 Å². The number of carboxylic acid groups (broad SMARTS) is 2. The molecule has 5 heteroatoms. The molecule has 0 atom stereocenters. The molecular weight excluding hydrogens is 392 g/mol. The summed E-state index contributed by atoms with van der Waals surface area (Å²) in [6.45, 7) is 0.